The number of hydrazone groups is 1. The van der Waals surface area contributed by atoms with Crippen molar-refractivity contribution in [3.63, 3.8) is 0 Å². The third-order valence-corrected chi connectivity index (χ3v) is 6.44. The number of benzene rings is 2. The molecule has 5 rings (SSSR count). The van der Waals surface area contributed by atoms with E-state index >= 15 is 4.39 Å². The molecule has 2 heterocycles. The molecule has 1 aliphatic heterocycles. The second-order valence-electron chi connectivity index (χ2n) is 8.88. The van der Waals surface area contributed by atoms with Gasteiger partial charge in [0.15, 0.2) is 0 Å². The smallest absolute Gasteiger partial charge is 0.276 e. The average molecular weight is 464 g/mol. The van der Waals surface area contributed by atoms with Crippen molar-refractivity contribution in [2.45, 2.75) is 18.9 Å². The molecule has 1 saturated heterocycles. The molecule has 176 valence electrons. The lowest BCUT2D eigenvalue weighted by Gasteiger charge is -2.34. The van der Waals surface area contributed by atoms with Crippen LogP contribution in [0.5, 0.6) is 5.75 Å². The average Bonchev–Trinajstić information content (AvgIpc) is 3.66. The predicted octanol–water partition coefficient (Wildman–Crippen LogP) is 2.70. The third-order valence-electron chi connectivity index (χ3n) is 6.44. The molecule has 2 aromatic carbocycles. The van der Waals surface area contributed by atoms with Gasteiger partial charge in [0, 0.05) is 49.4 Å². The zero-order chi connectivity index (χ0) is 23.8. The number of carbonyl (C=O) groups excluding carboxylic acids is 1. The Morgan fingerprint density at radius 3 is 2.62 bits per heavy atom. The van der Waals surface area contributed by atoms with Crippen LogP contribution in [0, 0.1) is 5.82 Å². The van der Waals surface area contributed by atoms with E-state index < -0.39 is 17.2 Å². The van der Waals surface area contributed by atoms with E-state index in [0.717, 1.165) is 25.9 Å². The van der Waals surface area contributed by atoms with Crippen LogP contribution in [0.25, 0.3) is 10.9 Å². The van der Waals surface area contributed by atoms with Crippen LogP contribution in [0.1, 0.15) is 34.8 Å². The highest BCUT2D eigenvalue weighted by molar-refractivity contribution is 5.98. The summed E-state index contributed by atoms with van der Waals surface area (Å²) in [6, 6.07) is 9.72. The Labute approximate surface area is 195 Å². The van der Waals surface area contributed by atoms with Gasteiger partial charge in [-0.15, -0.1) is 0 Å². The number of hydrogen-bond acceptors (Lipinski definition) is 6. The van der Waals surface area contributed by atoms with E-state index in [2.05, 4.69) is 15.4 Å². The molecular weight excluding hydrogens is 437 g/mol. The molecule has 34 heavy (non-hydrogen) atoms. The Kier molecular flexibility index (Phi) is 5.79. The fraction of sp³-hybridized carbons (Fsp3) is 0.320. The number of aromatic hydroxyl groups is 1. The highest BCUT2D eigenvalue weighted by Crippen LogP contribution is 2.38. The standard InChI is InChI=1S/C25H26FN5O3/c1-29-8-10-30(11-9-29)22-13-21-18(12-20(22)26)24(33)19(15-31(21)17-6-7-17)25(34)28-27-14-16-4-2-3-5-23(16)32/h2-5,12-15,17,32H,6-11H2,1H3,(H,28,34)/b27-14-. The number of rotatable bonds is 5. The number of amides is 1. The van der Waals surface area contributed by atoms with E-state index in [1.165, 1.54) is 18.3 Å². The zero-order valence-corrected chi connectivity index (χ0v) is 18.9. The summed E-state index contributed by atoms with van der Waals surface area (Å²) in [4.78, 5) is 30.2. The molecule has 9 heteroatoms. The number of para-hydroxylation sites is 1. The molecule has 3 aromatic rings. The fourth-order valence-electron chi connectivity index (χ4n) is 4.28. The third kappa shape index (κ3) is 4.26. The summed E-state index contributed by atoms with van der Waals surface area (Å²) < 4.78 is 17.1. The number of halogens is 1. The molecular formula is C25H26FN5O3. The topological polar surface area (TPSA) is 90.2 Å². The van der Waals surface area contributed by atoms with Gasteiger partial charge in [-0.2, -0.15) is 5.10 Å². The van der Waals surface area contributed by atoms with Gasteiger partial charge in [0.2, 0.25) is 5.43 Å². The molecule has 1 aromatic heterocycles. The van der Waals surface area contributed by atoms with Gasteiger partial charge in [0.05, 0.1) is 17.4 Å². The number of phenols is 1. The number of piperazine rings is 1. The molecule has 0 unspecified atom stereocenters. The predicted molar refractivity (Wildman–Crippen MR) is 129 cm³/mol. The Bertz CT molecular complexity index is 1340. The van der Waals surface area contributed by atoms with Crippen LogP contribution in [0.4, 0.5) is 10.1 Å². The number of fused-ring (bicyclic) bond motifs is 1. The number of carbonyl (C=O) groups is 1. The first-order valence-corrected chi connectivity index (χ1v) is 11.4. The Morgan fingerprint density at radius 2 is 1.91 bits per heavy atom. The van der Waals surface area contributed by atoms with Gasteiger partial charge in [0.1, 0.15) is 17.1 Å². The van der Waals surface area contributed by atoms with E-state index in [9.17, 15) is 14.7 Å². The van der Waals surface area contributed by atoms with Gasteiger partial charge < -0.3 is 19.5 Å². The van der Waals surface area contributed by atoms with Crippen molar-refractivity contribution in [1.82, 2.24) is 14.9 Å². The minimum atomic E-state index is -0.684. The van der Waals surface area contributed by atoms with E-state index in [-0.39, 0.29) is 22.7 Å². The second kappa shape index (κ2) is 8.90. The van der Waals surface area contributed by atoms with Crippen LogP contribution in [0.3, 0.4) is 0 Å². The molecule has 2 aliphatic rings. The lowest BCUT2D eigenvalue weighted by atomic mass is 10.1. The minimum absolute atomic E-state index is 0.0222. The van der Waals surface area contributed by atoms with Crippen LogP contribution in [0.2, 0.25) is 0 Å². The lowest BCUT2D eigenvalue weighted by molar-refractivity contribution is 0.0953. The maximum Gasteiger partial charge on any atom is 0.276 e. The molecule has 0 radical (unpaired) electrons. The Morgan fingerprint density at radius 1 is 1.18 bits per heavy atom. The normalized spacial score (nSPS) is 16.9. The van der Waals surface area contributed by atoms with Crippen molar-refractivity contribution in [1.29, 1.82) is 0 Å². The molecule has 1 aliphatic carbocycles. The number of aromatic nitrogens is 1. The van der Waals surface area contributed by atoms with Gasteiger partial charge in [-0.25, -0.2) is 9.82 Å². The van der Waals surface area contributed by atoms with E-state index in [1.807, 2.05) is 16.5 Å². The number of hydrogen-bond donors (Lipinski definition) is 2. The van der Waals surface area contributed by atoms with Crippen molar-refractivity contribution in [2.24, 2.45) is 5.10 Å². The van der Waals surface area contributed by atoms with Gasteiger partial charge in [-0.1, -0.05) is 12.1 Å². The Hall–Kier alpha value is -3.72. The number of pyridine rings is 1. The summed E-state index contributed by atoms with van der Waals surface area (Å²) in [5, 5.41) is 13.9. The first-order chi connectivity index (χ1) is 16.4. The largest absolute Gasteiger partial charge is 0.507 e. The lowest BCUT2D eigenvalue weighted by Crippen LogP contribution is -2.44. The fourth-order valence-corrected chi connectivity index (χ4v) is 4.28. The van der Waals surface area contributed by atoms with Crippen LogP contribution >= 0.6 is 0 Å². The summed E-state index contributed by atoms with van der Waals surface area (Å²) in [5.41, 5.74) is 3.26. The van der Waals surface area contributed by atoms with Crippen LogP contribution in [0.15, 0.2) is 52.5 Å². The molecule has 8 nitrogen and oxygen atoms in total. The highest BCUT2D eigenvalue weighted by atomic mass is 19.1. The summed E-state index contributed by atoms with van der Waals surface area (Å²) in [5.74, 6) is -1.13. The van der Waals surface area contributed by atoms with Crippen LogP contribution < -0.4 is 15.8 Å². The number of nitrogens with zero attached hydrogens (tertiary/aromatic N) is 4. The number of anilines is 1. The molecule has 2 fully saturated rings. The van der Waals surface area contributed by atoms with Crippen molar-refractivity contribution < 1.29 is 14.3 Å². The van der Waals surface area contributed by atoms with E-state index in [0.29, 0.717) is 29.9 Å². The molecule has 0 atom stereocenters. The number of phenolic OH excluding ortho intramolecular Hbond substituents is 1. The van der Waals surface area contributed by atoms with Crippen LogP contribution in [-0.2, 0) is 0 Å². The van der Waals surface area contributed by atoms with Gasteiger partial charge in [-0.05, 0) is 44.2 Å². The van der Waals surface area contributed by atoms with Crippen molar-refractivity contribution in [3.05, 3.63) is 69.8 Å². The van der Waals surface area contributed by atoms with Crippen molar-refractivity contribution in [3.8, 4) is 5.75 Å². The molecule has 1 amide bonds. The van der Waals surface area contributed by atoms with Gasteiger partial charge in [0.25, 0.3) is 5.91 Å². The van der Waals surface area contributed by atoms with Crippen LogP contribution in [-0.4, -0.2) is 59.9 Å². The highest BCUT2D eigenvalue weighted by Gasteiger charge is 2.28. The van der Waals surface area contributed by atoms with Gasteiger partial charge in [-0.3, -0.25) is 9.59 Å². The van der Waals surface area contributed by atoms with E-state index in [4.69, 9.17) is 0 Å². The summed E-state index contributed by atoms with van der Waals surface area (Å²) >= 11 is 0. The van der Waals surface area contributed by atoms with Gasteiger partial charge >= 0.3 is 0 Å². The summed E-state index contributed by atoms with van der Waals surface area (Å²) in [6.45, 7) is 3.10. The van der Waals surface area contributed by atoms with Crippen molar-refractivity contribution in [2.75, 3.05) is 38.1 Å². The summed E-state index contributed by atoms with van der Waals surface area (Å²) in [6.07, 6.45) is 4.73. The molecule has 0 bridgehead atoms. The molecule has 1 saturated carbocycles. The van der Waals surface area contributed by atoms with E-state index in [1.54, 1.807) is 30.5 Å². The number of likely N-dealkylation sites (N-methyl/N-ethyl adjacent to an activating group) is 1. The van der Waals surface area contributed by atoms with Crippen molar-refractivity contribution >= 4 is 28.7 Å². The maximum atomic E-state index is 15.1. The molecule has 2 N–H and O–H groups in total. The monoisotopic (exact) mass is 463 g/mol. The molecule has 0 spiro atoms. The SMILES string of the molecule is CN1CCN(c2cc3c(cc2F)c(=O)c(C(=O)N/N=C\c2ccccc2O)cn3C2CC2)CC1. The maximum absolute atomic E-state index is 15.1. The minimum Gasteiger partial charge on any atom is -0.507 e. The Balaban J connectivity index is 1.49. The quantitative estimate of drug-likeness (QED) is 0.449. The first kappa shape index (κ1) is 22.1. The number of nitrogens with one attached hydrogen (secondary N) is 1. The first-order valence-electron chi connectivity index (χ1n) is 11.4. The second-order valence-corrected chi connectivity index (χ2v) is 8.88. The zero-order valence-electron chi connectivity index (χ0n) is 18.9. The summed E-state index contributed by atoms with van der Waals surface area (Å²) in [7, 11) is 2.04.